The second-order valence-electron chi connectivity index (χ2n) is 4.27. The summed E-state index contributed by atoms with van der Waals surface area (Å²) >= 11 is 0. The molecule has 0 radical (unpaired) electrons. The summed E-state index contributed by atoms with van der Waals surface area (Å²) in [7, 11) is 1.47. The summed E-state index contributed by atoms with van der Waals surface area (Å²) in [6, 6.07) is -1.22. The largest absolute Gasteiger partial charge is 0.480 e. The van der Waals surface area contributed by atoms with Crippen molar-refractivity contribution in [2.45, 2.75) is 39.3 Å². The monoisotopic (exact) mass is 246 g/mol. The van der Waals surface area contributed by atoms with E-state index in [0.717, 1.165) is 0 Å². The number of carboxylic acids is 1. The maximum atomic E-state index is 12.0. The van der Waals surface area contributed by atoms with Crippen LogP contribution >= 0.6 is 0 Å². The minimum absolute atomic E-state index is 0.00863. The van der Waals surface area contributed by atoms with Crippen molar-refractivity contribution in [3.8, 4) is 0 Å². The van der Waals surface area contributed by atoms with Gasteiger partial charge in [-0.25, -0.2) is 9.59 Å². The van der Waals surface area contributed by atoms with Gasteiger partial charge >= 0.3 is 12.0 Å². The Labute approximate surface area is 102 Å². The molecule has 17 heavy (non-hydrogen) atoms. The van der Waals surface area contributed by atoms with Crippen LogP contribution in [0.4, 0.5) is 4.79 Å². The first kappa shape index (κ1) is 15.7. The van der Waals surface area contributed by atoms with Crippen LogP contribution in [0.2, 0.25) is 0 Å². The minimum Gasteiger partial charge on any atom is -0.480 e. The molecular formula is C11H22N2O4. The molecule has 0 fully saturated rings. The zero-order chi connectivity index (χ0) is 13.6. The van der Waals surface area contributed by atoms with E-state index >= 15 is 0 Å². The average Bonchev–Trinajstić information content (AvgIpc) is 2.26. The van der Waals surface area contributed by atoms with Crippen LogP contribution in [0.1, 0.15) is 27.2 Å². The van der Waals surface area contributed by atoms with E-state index in [1.165, 1.54) is 18.9 Å². The van der Waals surface area contributed by atoms with Crippen molar-refractivity contribution in [3.05, 3.63) is 0 Å². The predicted octanol–water partition coefficient (Wildman–Crippen LogP) is 0.604. The Morgan fingerprint density at radius 1 is 1.24 bits per heavy atom. The van der Waals surface area contributed by atoms with Gasteiger partial charge in [0.2, 0.25) is 0 Å². The fourth-order valence-corrected chi connectivity index (χ4v) is 1.35. The molecule has 100 valence electrons. The molecule has 0 heterocycles. The normalized spacial score (nSPS) is 12.4. The first-order valence-electron chi connectivity index (χ1n) is 5.70. The van der Waals surface area contributed by atoms with Crippen molar-refractivity contribution in [1.29, 1.82) is 0 Å². The van der Waals surface area contributed by atoms with Gasteiger partial charge in [-0.05, 0) is 27.2 Å². The molecule has 0 aromatic carbocycles. The highest BCUT2D eigenvalue weighted by Crippen LogP contribution is 2.07. The number of urea groups is 1. The highest BCUT2D eigenvalue weighted by atomic mass is 16.4. The lowest BCUT2D eigenvalue weighted by molar-refractivity contribution is -0.141. The van der Waals surface area contributed by atoms with Gasteiger partial charge in [0, 0.05) is 26.2 Å². The van der Waals surface area contributed by atoms with Crippen LogP contribution in [0.3, 0.4) is 0 Å². The molecule has 0 saturated heterocycles. The molecule has 0 bridgehead atoms. The number of aliphatic carboxylic acids is 1. The summed E-state index contributed by atoms with van der Waals surface area (Å²) < 4.78 is 0. The molecule has 0 aromatic heterocycles. The van der Waals surface area contributed by atoms with Crippen LogP contribution in [-0.4, -0.2) is 64.3 Å². The topological polar surface area (TPSA) is 81.1 Å². The van der Waals surface area contributed by atoms with E-state index < -0.39 is 12.0 Å². The molecule has 0 aromatic rings. The Balaban J connectivity index is 4.65. The van der Waals surface area contributed by atoms with Crippen molar-refractivity contribution >= 4 is 12.0 Å². The molecule has 0 aliphatic carbocycles. The number of amides is 2. The number of aliphatic hydroxyl groups is 1. The van der Waals surface area contributed by atoms with E-state index in [2.05, 4.69) is 0 Å². The Morgan fingerprint density at radius 2 is 1.76 bits per heavy atom. The maximum absolute atomic E-state index is 12.0. The molecule has 0 saturated carbocycles. The fraction of sp³-hybridized carbons (Fsp3) is 0.818. The SMILES string of the molecule is CC(C(=O)O)N(C)C(=O)N(CCCO)C(C)C. The summed E-state index contributed by atoms with van der Waals surface area (Å²) in [5.41, 5.74) is 0. The van der Waals surface area contributed by atoms with Gasteiger partial charge in [0.15, 0.2) is 0 Å². The van der Waals surface area contributed by atoms with E-state index in [0.29, 0.717) is 13.0 Å². The van der Waals surface area contributed by atoms with Crippen molar-refractivity contribution in [2.75, 3.05) is 20.2 Å². The molecule has 0 spiro atoms. The van der Waals surface area contributed by atoms with Crippen molar-refractivity contribution < 1.29 is 19.8 Å². The number of hydrogen-bond donors (Lipinski definition) is 2. The van der Waals surface area contributed by atoms with Gasteiger partial charge in [-0.3, -0.25) is 0 Å². The number of carboxylic acid groups (broad SMARTS) is 1. The third-order valence-corrected chi connectivity index (χ3v) is 2.67. The predicted molar refractivity (Wildman–Crippen MR) is 63.8 cm³/mol. The fourth-order valence-electron chi connectivity index (χ4n) is 1.35. The van der Waals surface area contributed by atoms with Crippen LogP contribution in [0.5, 0.6) is 0 Å². The zero-order valence-electron chi connectivity index (χ0n) is 10.9. The van der Waals surface area contributed by atoms with Gasteiger partial charge in [-0.1, -0.05) is 0 Å². The van der Waals surface area contributed by atoms with Crippen molar-refractivity contribution in [3.63, 3.8) is 0 Å². The molecule has 0 rings (SSSR count). The molecule has 6 heteroatoms. The molecule has 0 aliphatic rings. The number of hydrogen-bond acceptors (Lipinski definition) is 3. The zero-order valence-corrected chi connectivity index (χ0v) is 10.9. The Kier molecular flexibility index (Phi) is 6.57. The van der Waals surface area contributed by atoms with Gasteiger partial charge in [0.05, 0.1) is 0 Å². The molecule has 0 aliphatic heterocycles. The minimum atomic E-state index is -1.04. The Morgan fingerprint density at radius 3 is 2.12 bits per heavy atom. The number of carbonyl (C=O) groups is 2. The highest BCUT2D eigenvalue weighted by Gasteiger charge is 2.26. The number of carbonyl (C=O) groups excluding carboxylic acids is 1. The number of nitrogens with zero attached hydrogens (tertiary/aromatic N) is 2. The molecule has 2 amide bonds. The van der Waals surface area contributed by atoms with E-state index in [-0.39, 0.29) is 18.7 Å². The lowest BCUT2D eigenvalue weighted by atomic mass is 10.2. The summed E-state index contributed by atoms with van der Waals surface area (Å²) in [6.45, 7) is 5.60. The van der Waals surface area contributed by atoms with Crippen LogP contribution in [0.15, 0.2) is 0 Å². The van der Waals surface area contributed by atoms with Gasteiger partial charge in [0.25, 0.3) is 0 Å². The summed E-state index contributed by atoms with van der Waals surface area (Å²) in [6.07, 6.45) is 0.485. The van der Waals surface area contributed by atoms with E-state index in [1.807, 2.05) is 13.8 Å². The molecule has 1 unspecified atom stereocenters. The van der Waals surface area contributed by atoms with Gasteiger partial charge in [-0.2, -0.15) is 0 Å². The third-order valence-electron chi connectivity index (χ3n) is 2.67. The maximum Gasteiger partial charge on any atom is 0.326 e. The molecule has 1 atom stereocenters. The standard InChI is InChI=1S/C11H22N2O4/c1-8(2)13(6-5-7-14)11(17)12(4)9(3)10(15)16/h8-9,14H,5-7H2,1-4H3,(H,15,16). The lowest BCUT2D eigenvalue weighted by Crippen LogP contribution is -2.50. The summed E-state index contributed by atoms with van der Waals surface area (Å²) in [5.74, 6) is -1.04. The quantitative estimate of drug-likeness (QED) is 0.719. The van der Waals surface area contributed by atoms with Gasteiger partial charge < -0.3 is 20.0 Å². The van der Waals surface area contributed by atoms with Crippen LogP contribution in [-0.2, 0) is 4.79 Å². The van der Waals surface area contributed by atoms with Gasteiger partial charge in [-0.15, -0.1) is 0 Å². The van der Waals surface area contributed by atoms with Crippen molar-refractivity contribution in [1.82, 2.24) is 9.80 Å². The second-order valence-corrected chi connectivity index (χ2v) is 4.27. The second kappa shape index (κ2) is 7.11. The number of aliphatic hydroxyl groups excluding tert-OH is 1. The van der Waals surface area contributed by atoms with Crippen molar-refractivity contribution in [2.24, 2.45) is 0 Å². The van der Waals surface area contributed by atoms with Gasteiger partial charge in [0.1, 0.15) is 6.04 Å². The highest BCUT2D eigenvalue weighted by molar-refractivity contribution is 5.82. The summed E-state index contributed by atoms with van der Waals surface area (Å²) in [5, 5.41) is 17.6. The number of rotatable bonds is 6. The first-order valence-corrected chi connectivity index (χ1v) is 5.70. The van der Waals surface area contributed by atoms with Crippen LogP contribution in [0.25, 0.3) is 0 Å². The molecule has 6 nitrogen and oxygen atoms in total. The van der Waals surface area contributed by atoms with Crippen LogP contribution < -0.4 is 0 Å². The summed E-state index contributed by atoms with van der Waals surface area (Å²) in [4.78, 5) is 25.6. The Hall–Kier alpha value is -1.30. The van der Waals surface area contributed by atoms with E-state index in [1.54, 1.807) is 4.90 Å². The molecular weight excluding hydrogens is 224 g/mol. The Bertz CT molecular complexity index is 268. The van der Waals surface area contributed by atoms with E-state index in [4.69, 9.17) is 10.2 Å². The van der Waals surface area contributed by atoms with Crippen LogP contribution in [0, 0.1) is 0 Å². The third kappa shape index (κ3) is 4.60. The first-order chi connectivity index (χ1) is 7.82. The smallest absolute Gasteiger partial charge is 0.326 e. The van der Waals surface area contributed by atoms with E-state index in [9.17, 15) is 9.59 Å². The lowest BCUT2D eigenvalue weighted by Gasteiger charge is -2.32. The average molecular weight is 246 g/mol. The number of likely N-dealkylation sites (N-methyl/N-ethyl adjacent to an activating group) is 1. The molecule has 2 N–H and O–H groups in total.